The molecule has 0 aromatic heterocycles. The van der Waals surface area contributed by atoms with Crippen molar-refractivity contribution in [3.63, 3.8) is 0 Å². The van der Waals surface area contributed by atoms with Crippen LogP contribution in [-0.4, -0.2) is 12.3 Å². The van der Waals surface area contributed by atoms with E-state index in [0.29, 0.717) is 0 Å². The van der Waals surface area contributed by atoms with Crippen molar-refractivity contribution in [2.24, 2.45) is 4.99 Å². The number of nitrogens with zero attached hydrogens (tertiary/aromatic N) is 1. The van der Waals surface area contributed by atoms with Gasteiger partial charge in [0.25, 0.3) is 0 Å². The Bertz CT molecular complexity index is 221. The molecule has 1 rings (SSSR count). The smallest absolute Gasteiger partial charge is 0.0599 e. The first-order valence-electron chi connectivity index (χ1n) is 4.75. The van der Waals surface area contributed by atoms with Gasteiger partial charge in [-0.25, -0.2) is 0 Å². The molecule has 0 saturated heterocycles. The lowest BCUT2D eigenvalue weighted by Gasteiger charge is -2.12. The number of allylic oxidation sites excluding steroid dienone is 4. The maximum atomic E-state index is 4.48. The standard InChI is InChI=1S/C11H17N/c1-3-6-10-8-5-9-12-11(10)7-4-2/h4,6-7H,3,5,8-9H2,1-2H3/b7-4-,10-6-. The Labute approximate surface area is 74.9 Å². The Morgan fingerprint density at radius 1 is 1.50 bits per heavy atom. The molecule has 0 radical (unpaired) electrons. The SMILES string of the molecule is C/C=C\C1=NCCC/C1=C/CC. The van der Waals surface area contributed by atoms with Crippen molar-refractivity contribution < 1.29 is 0 Å². The summed E-state index contributed by atoms with van der Waals surface area (Å²) in [6, 6.07) is 0. The topological polar surface area (TPSA) is 12.4 Å². The summed E-state index contributed by atoms with van der Waals surface area (Å²) in [5.74, 6) is 0. The maximum absolute atomic E-state index is 4.48. The van der Waals surface area contributed by atoms with Crippen molar-refractivity contribution in [1.29, 1.82) is 0 Å². The minimum Gasteiger partial charge on any atom is -0.285 e. The molecule has 0 amide bonds. The van der Waals surface area contributed by atoms with Gasteiger partial charge in [0.05, 0.1) is 5.71 Å². The molecular formula is C11H17N. The highest BCUT2D eigenvalue weighted by molar-refractivity contribution is 6.08. The molecule has 0 aliphatic carbocycles. The molecule has 0 atom stereocenters. The molecule has 1 heterocycles. The van der Waals surface area contributed by atoms with Crippen LogP contribution in [0.1, 0.15) is 33.1 Å². The van der Waals surface area contributed by atoms with Gasteiger partial charge in [0, 0.05) is 6.54 Å². The molecular weight excluding hydrogens is 146 g/mol. The second-order valence-electron chi connectivity index (χ2n) is 3.01. The van der Waals surface area contributed by atoms with Gasteiger partial charge in [0.15, 0.2) is 0 Å². The normalized spacial score (nSPS) is 21.8. The van der Waals surface area contributed by atoms with Gasteiger partial charge in [0.2, 0.25) is 0 Å². The van der Waals surface area contributed by atoms with Crippen molar-refractivity contribution >= 4 is 5.71 Å². The van der Waals surface area contributed by atoms with Crippen molar-refractivity contribution in [2.45, 2.75) is 33.1 Å². The number of aliphatic imine (C=N–C) groups is 1. The van der Waals surface area contributed by atoms with Crippen LogP contribution in [0.3, 0.4) is 0 Å². The highest BCUT2D eigenvalue weighted by Gasteiger charge is 2.07. The van der Waals surface area contributed by atoms with E-state index in [-0.39, 0.29) is 0 Å². The van der Waals surface area contributed by atoms with Gasteiger partial charge in [-0.3, -0.25) is 4.99 Å². The first kappa shape index (κ1) is 9.24. The van der Waals surface area contributed by atoms with E-state index in [2.05, 4.69) is 30.1 Å². The van der Waals surface area contributed by atoms with Crippen LogP contribution < -0.4 is 0 Å². The van der Waals surface area contributed by atoms with Gasteiger partial charge >= 0.3 is 0 Å². The summed E-state index contributed by atoms with van der Waals surface area (Å²) in [6.45, 7) is 5.22. The van der Waals surface area contributed by atoms with Crippen molar-refractivity contribution in [1.82, 2.24) is 0 Å². The van der Waals surface area contributed by atoms with Crippen molar-refractivity contribution in [3.05, 3.63) is 23.8 Å². The molecule has 0 unspecified atom stereocenters. The summed E-state index contributed by atoms with van der Waals surface area (Å²) in [5, 5.41) is 0. The van der Waals surface area contributed by atoms with E-state index in [0.717, 1.165) is 13.0 Å². The van der Waals surface area contributed by atoms with E-state index in [1.54, 1.807) is 0 Å². The quantitative estimate of drug-likeness (QED) is 0.593. The Morgan fingerprint density at radius 2 is 2.33 bits per heavy atom. The lowest BCUT2D eigenvalue weighted by molar-refractivity contribution is 0.813. The highest BCUT2D eigenvalue weighted by atomic mass is 14.7. The second-order valence-corrected chi connectivity index (χ2v) is 3.01. The Hall–Kier alpha value is -0.850. The minimum absolute atomic E-state index is 1.00. The molecule has 0 bridgehead atoms. The largest absolute Gasteiger partial charge is 0.285 e. The van der Waals surface area contributed by atoms with Crippen LogP contribution in [0.5, 0.6) is 0 Å². The van der Waals surface area contributed by atoms with E-state index in [9.17, 15) is 0 Å². The monoisotopic (exact) mass is 163 g/mol. The first-order chi connectivity index (χ1) is 5.88. The lowest BCUT2D eigenvalue weighted by Crippen LogP contribution is -2.07. The van der Waals surface area contributed by atoms with Crippen LogP contribution in [0.2, 0.25) is 0 Å². The predicted octanol–water partition coefficient (Wildman–Crippen LogP) is 3.13. The zero-order valence-corrected chi connectivity index (χ0v) is 8.01. The molecule has 66 valence electrons. The van der Waals surface area contributed by atoms with E-state index < -0.39 is 0 Å². The fourth-order valence-electron chi connectivity index (χ4n) is 1.47. The van der Waals surface area contributed by atoms with Crippen molar-refractivity contribution in [3.8, 4) is 0 Å². The molecule has 0 aromatic rings. The van der Waals surface area contributed by atoms with Gasteiger partial charge in [-0.2, -0.15) is 0 Å². The average molecular weight is 163 g/mol. The van der Waals surface area contributed by atoms with E-state index >= 15 is 0 Å². The predicted molar refractivity (Wildman–Crippen MR) is 54.7 cm³/mol. The van der Waals surface area contributed by atoms with E-state index in [4.69, 9.17) is 0 Å². The lowest BCUT2D eigenvalue weighted by atomic mass is 10.0. The third-order valence-corrected chi connectivity index (χ3v) is 1.99. The zero-order valence-electron chi connectivity index (χ0n) is 8.01. The summed E-state index contributed by atoms with van der Waals surface area (Å²) >= 11 is 0. The highest BCUT2D eigenvalue weighted by Crippen LogP contribution is 2.15. The summed E-state index contributed by atoms with van der Waals surface area (Å²) in [7, 11) is 0. The summed E-state index contributed by atoms with van der Waals surface area (Å²) < 4.78 is 0. The molecule has 0 spiro atoms. The maximum Gasteiger partial charge on any atom is 0.0599 e. The van der Waals surface area contributed by atoms with Crippen LogP contribution in [0, 0.1) is 0 Å². The number of rotatable bonds is 2. The molecule has 1 nitrogen and oxygen atoms in total. The van der Waals surface area contributed by atoms with Gasteiger partial charge in [-0.05, 0) is 37.8 Å². The minimum atomic E-state index is 1.00. The molecule has 0 saturated carbocycles. The molecule has 1 aliphatic rings. The Balaban J connectivity index is 2.78. The molecule has 1 heteroatoms. The second kappa shape index (κ2) is 4.91. The first-order valence-corrected chi connectivity index (χ1v) is 4.75. The Kier molecular flexibility index (Phi) is 3.78. The van der Waals surface area contributed by atoms with Gasteiger partial charge in [-0.15, -0.1) is 0 Å². The summed E-state index contributed by atoms with van der Waals surface area (Å²) in [5.41, 5.74) is 2.63. The molecule has 0 aromatic carbocycles. The third kappa shape index (κ3) is 2.33. The van der Waals surface area contributed by atoms with Gasteiger partial charge in [0.1, 0.15) is 0 Å². The number of hydrogen-bond acceptors (Lipinski definition) is 1. The average Bonchev–Trinajstić information content (AvgIpc) is 2.09. The van der Waals surface area contributed by atoms with E-state index in [1.807, 2.05) is 6.92 Å². The fraction of sp³-hybridized carbons (Fsp3) is 0.545. The van der Waals surface area contributed by atoms with Crippen LogP contribution in [0.4, 0.5) is 0 Å². The van der Waals surface area contributed by atoms with Crippen LogP contribution in [0.15, 0.2) is 28.8 Å². The van der Waals surface area contributed by atoms with Crippen LogP contribution >= 0.6 is 0 Å². The summed E-state index contributed by atoms with van der Waals surface area (Å²) in [4.78, 5) is 4.48. The van der Waals surface area contributed by atoms with Crippen molar-refractivity contribution in [2.75, 3.05) is 6.54 Å². The zero-order chi connectivity index (χ0) is 8.81. The molecule has 0 fully saturated rings. The number of hydrogen-bond donors (Lipinski definition) is 0. The molecule has 0 N–H and O–H groups in total. The third-order valence-electron chi connectivity index (χ3n) is 1.99. The fourth-order valence-corrected chi connectivity index (χ4v) is 1.47. The van der Waals surface area contributed by atoms with Gasteiger partial charge < -0.3 is 0 Å². The molecule has 1 aliphatic heterocycles. The summed E-state index contributed by atoms with van der Waals surface area (Å²) in [6.07, 6.45) is 10.0. The Morgan fingerprint density at radius 3 is 3.00 bits per heavy atom. The molecule has 12 heavy (non-hydrogen) atoms. The van der Waals surface area contributed by atoms with E-state index in [1.165, 1.54) is 24.1 Å². The van der Waals surface area contributed by atoms with Gasteiger partial charge in [-0.1, -0.05) is 19.1 Å². The van der Waals surface area contributed by atoms with Crippen LogP contribution in [-0.2, 0) is 0 Å². The van der Waals surface area contributed by atoms with Crippen LogP contribution in [0.25, 0.3) is 0 Å².